The molecule has 3 unspecified atom stereocenters. The van der Waals surface area contributed by atoms with Gasteiger partial charge in [-0.05, 0) is 43.6 Å². The van der Waals surface area contributed by atoms with Crippen LogP contribution in [0.2, 0.25) is 0 Å². The zero-order valence-corrected chi connectivity index (χ0v) is 18.3. The summed E-state index contributed by atoms with van der Waals surface area (Å²) in [6, 6.07) is 10.3. The molecule has 0 N–H and O–H groups in total. The summed E-state index contributed by atoms with van der Waals surface area (Å²) in [5.41, 5.74) is 1.29. The summed E-state index contributed by atoms with van der Waals surface area (Å²) >= 11 is 0. The summed E-state index contributed by atoms with van der Waals surface area (Å²) in [7, 11) is 0. The Hall–Kier alpha value is -1.88. The van der Waals surface area contributed by atoms with Gasteiger partial charge in [0.25, 0.3) is 0 Å². The fraction of sp³-hybridized carbons (Fsp3) is 0.667. The summed E-state index contributed by atoms with van der Waals surface area (Å²) < 4.78 is 0. The van der Waals surface area contributed by atoms with Crippen LogP contribution in [0.3, 0.4) is 0 Å². The van der Waals surface area contributed by atoms with Crippen molar-refractivity contribution in [2.24, 2.45) is 11.8 Å². The summed E-state index contributed by atoms with van der Waals surface area (Å²) in [5, 5.41) is 0. The molecule has 0 spiro atoms. The fourth-order valence-electron chi connectivity index (χ4n) is 4.87. The second kappa shape index (κ2) is 10.2. The van der Waals surface area contributed by atoms with Gasteiger partial charge in [-0.15, -0.1) is 0 Å². The van der Waals surface area contributed by atoms with Gasteiger partial charge in [0.15, 0.2) is 0 Å². The van der Waals surface area contributed by atoms with Crippen molar-refractivity contribution in [3.8, 4) is 0 Å². The predicted octanol–water partition coefficient (Wildman–Crippen LogP) is 3.05. The lowest BCUT2D eigenvalue weighted by atomic mass is 9.91. The third kappa shape index (κ3) is 6.05. The van der Waals surface area contributed by atoms with Gasteiger partial charge in [0.1, 0.15) is 0 Å². The molecule has 2 aliphatic rings. The van der Waals surface area contributed by atoms with Gasteiger partial charge in [-0.25, -0.2) is 0 Å². The molecule has 5 nitrogen and oxygen atoms in total. The Balaban J connectivity index is 1.41. The topological polar surface area (TPSA) is 43.9 Å². The third-order valence-corrected chi connectivity index (χ3v) is 6.45. The summed E-state index contributed by atoms with van der Waals surface area (Å²) in [6.07, 6.45) is 3.66. The van der Waals surface area contributed by atoms with E-state index in [9.17, 15) is 9.59 Å². The second-order valence-electron chi connectivity index (χ2n) is 9.12. The number of benzene rings is 1. The number of hydrogen-bond acceptors (Lipinski definition) is 3. The van der Waals surface area contributed by atoms with Crippen molar-refractivity contribution in [2.75, 3.05) is 39.3 Å². The van der Waals surface area contributed by atoms with E-state index in [0.717, 1.165) is 52.1 Å². The molecular weight excluding hydrogens is 362 g/mol. The van der Waals surface area contributed by atoms with Crippen molar-refractivity contribution in [1.29, 1.82) is 0 Å². The maximum absolute atomic E-state index is 13.0. The molecule has 2 fully saturated rings. The number of likely N-dealkylation sites (tertiary alicyclic amines) is 1. The molecule has 160 valence electrons. The van der Waals surface area contributed by atoms with Crippen LogP contribution in [0.5, 0.6) is 0 Å². The van der Waals surface area contributed by atoms with Gasteiger partial charge < -0.3 is 9.80 Å². The largest absolute Gasteiger partial charge is 0.341 e. The van der Waals surface area contributed by atoms with E-state index in [0.29, 0.717) is 18.3 Å². The molecule has 2 saturated heterocycles. The first kappa shape index (κ1) is 21.8. The molecule has 1 aromatic carbocycles. The van der Waals surface area contributed by atoms with Gasteiger partial charge in [-0.2, -0.15) is 0 Å². The number of piperazine rings is 1. The lowest BCUT2D eigenvalue weighted by Gasteiger charge is -2.41. The summed E-state index contributed by atoms with van der Waals surface area (Å²) in [4.78, 5) is 31.8. The van der Waals surface area contributed by atoms with E-state index in [1.54, 1.807) is 0 Å². The number of carbonyl (C=O) groups excluding carboxylic acids is 2. The minimum absolute atomic E-state index is 0.0946. The van der Waals surface area contributed by atoms with E-state index >= 15 is 0 Å². The van der Waals surface area contributed by atoms with Crippen molar-refractivity contribution < 1.29 is 9.59 Å². The Morgan fingerprint density at radius 1 is 0.966 bits per heavy atom. The third-order valence-electron chi connectivity index (χ3n) is 6.45. The standard InChI is InChI=1S/C24H37N3O2/c1-19-16-20(2)18-27(17-19)24(29)21(3)25-12-14-26(15-13-25)23(28)11-7-10-22-8-5-4-6-9-22/h4-6,8-9,19-21H,7,10-18H2,1-3H3. The van der Waals surface area contributed by atoms with Crippen LogP contribution in [0.4, 0.5) is 0 Å². The van der Waals surface area contributed by atoms with Gasteiger partial charge in [-0.1, -0.05) is 44.2 Å². The normalized spacial score (nSPS) is 24.4. The predicted molar refractivity (Wildman–Crippen MR) is 117 cm³/mol. The van der Waals surface area contributed by atoms with Crippen LogP contribution in [-0.2, 0) is 16.0 Å². The molecule has 0 aromatic heterocycles. The molecule has 0 bridgehead atoms. The average molecular weight is 400 g/mol. The van der Waals surface area contributed by atoms with Crippen molar-refractivity contribution in [3.05, 3.63) is 35.9 Å². The molecule has 1 aromatic rings. The van der Waals surface area contributed by atoms with Crippen molar-refractivity contribution in [3.63, 3.8) is 0 Å². The number of aryl methyl sites for hydroxylation is 1. The second-order valence-corrected chi connectivity index (χ2v) is 9.12. The van der Waals surface area contributed by atoms with Crippen LogP contribution in [-0.4, -0.2) is 71.8 Å². The molecule has 0 radical (unpaired) electrons. The Labute approximate surface area is 176 Å². The van der Waals surface area contributed by atoms with E-state index in [-0.39, 0.29) is 17.9 Å². The first-order valence-electron chi connectivity index (χ1n) is 11.3. The molecule has 29 heavy (non-hydrogen) atoms. The summed E-state index contributed by atoms with van der Waals surface area (Å²) in [5.74, 6) is 1.67. The first-order valence-corrected chi connectivity index (χ1v) is 11.3. The molecule has 3 rings (SSSR count). The summed E-state index contributed by atoms with van der Waals surface area (Å²) in [6.45, 7) is 11.3. The average Bonchev–Trinajstić information content (AvgIpc) is 2.73. The smallest absolute Gasteiger partial charge is 0.239 e. The van der Waals surface area contributed by atoms with Gasteiger partial charge in [-0.3, -0.25) is 14.5 Å². The van der Waals surface area contributed by atoms with E-state index in [1.165, 1.54) is 12.0 Å². The number of nitrogens with zero attached hydrogens (tertiary/aromatic N) is 3. The number of rotatable bonds is 6. The lowest BCUT2D eigenvalue weighted by Crippen LogP contribution is -2.56. The number of carbonyl (C=O) groups is 2. The van der Waals surface area contributed by atoms with Crippen LogP contribution in [0.1, 0.15) is 45.6 Å². The first-order chi connectivity index (χ1) is 13.9. The monoisotopic (exact) mass is 399 g/mol. The molecule has 0 saturated carbocycles. The molecule has 5 heteroatoms. The SMILES string of the molecule is CC1CC(C)CN(C(=O)C(C)N2CCN(C(=O)CCCc3ccccc3)CC2)C1. The fourth-order valence-corrected chi connectivity index (χ4v) is 4.87. The van der Waals surface area contributed by atoms with Gasteiger partial charge in [0.2, 0.25) is 11.8 Å². The minimum atomic E-state index is -0.0946. The zero-order chi connectivity index (χ0) is 20.8. The van der Waals surface area contributed by atoms with Crippen LogP contribution >= 0.6 is 0 Å². The van der Waals surface area contributed by atoms with Gasteiger partial charge in [0, 0.05) is 45.7 Å². The maximum atomic E-state index is 13.0. The Kier molecular flexibility index (Phi) is 7.70. The minimum Gasteiger partial charge on any atom is -0.341 e. The van der Waals surface area contributed by atoms with Crippen LogP contribution in [0, 0.1) is 11.8 Å². The van der Waals surface area contributed by atoms with Crippen LogP contribution in [0.15, 0.2) is 30.3 Å². The Morgan fingerprint density at radius 3 is 2.21 bits per heavy atom. The highest BCUT2D eigenvalue weighted by atomic mass is 16.2. The number of hydrogen-bond donors (Lipinski definition) is 0. The quantitative estimate of drug-likeness (QED) is 0.738. The van der Waals surface area contributed by atoms with Crippen molar-refractivity contribution in [2.45, 2.75) is 52.5 Å². The molecular formula is C24H37N3O2. The van der Waals surface area contributed by atoms with Crippen molar-refractivity contribution >= 4 is 11.8 Å². The van der Waals surface area contributed by atoms with Crippen LogP contribution < -0.4 is 0 Å². The number of piperidine rings is 1. The Bertz CT molecular complexity index is 660. The van der Waals surface area contributed by atoms with E-state index < -0.39 is 0 Å². The van der Waals surface area contributed by atoms with E-state index in [2.05, 4.69) is 35.8 Å². The van der Waals surface area contributed by atoms with Crippen molar-refractivity contribution in [1.82, 2.24) is 14.7 Å². The number of amides is 2. The highest BCUT2D eigenvalue weighted by Crippen LogP contribution is 2.22. The Morgan fingerprint density at radius 2 is 1.59 bits per heavy atom. The zero-order valence-electron chi connectivity index (χ0n) is 18.3. The van der Waals surface area contributed by atoms with E-state index in [1.807, 2.05) is 30.0 Å². The highest BCUT2D eigenvalue weighted by Gasteiger charge is 2.32. The molecule has 2 amide bonds. The molecule has 0 aliphatic carbocycles. The van der Waals surface area contributed by atoms with E-state index in [4.69, 9.17) is 0 Å². The molecule has 2 heterocycles. The lowest BCUT2D eigenvalue weighted by molar-refractivity contribution is -0.141. The van der Waals surface area contributed by atoms with Gasteiger partial charge in [0.05, 0.1) is 6.04 Å². The van der Waals surface area contributed by atoms with Crippen LogP contribution in [0.25, 0.3) is 0 Å². The van der Waals surface area contributed by atoms with Gasteiger partial charge >= 0.3 is 0 Å². The maximum Gasteiger partial charge on any atom is 0.239 e. The molecule has 2 aliphatic heterocycles. The molecule has 3 atom stereocenters. The highest BCUT2D eigenvalue weighted by molar-refractivity contribution is 5.81.